The molecule has 0 aromatic heterocycles. The lowest BCUT2D eigenvalue weighted by molar-refractivity contribution is -0.120. The number of aliphatic hydroxyl groups is 1. The van der Waals surface area contributed by atoms with Gasteiger partial charge in [0.05, 0.1) is 16.9 Å². The van der Waals surface area contributed by atoms with Crippen molar-refractivity contribution >= 4 is 40.9 Å². The highest BCUT2D eigenvalue weighted by Gasteiger charge is 2.42. The second-order valence-corrected chi connectivity index (χ2v) is 7.44. The molecule has 0 heterocycles. The summed E-state index contributed by atoms with van der Waals surface area (Å²) in [6, 6.07) is 5.20. The Morgan fingerprint density at radius 1 is 1.50 bits per heavy atom. The minimum atomic E-state index is -0.263. The lowest BCUT2D eigenvalue weighted by Gasteiger charge is -2.16. The number of benzene rings is 1. The van der Waals surface area contributed by atoms with E-state index in [1.54, 1.807) is 18.2 Å². The topological polar surface area (TPSA) is 49.3 Å². The molecule has 0 bridgehead atoms. The van der Waals surface area contributed by atoms with E-state index in [-0.39, 0.29) is 23.2 Å². The van der Waals surface area contributed by atoms with Gasteiger partial charge in [-0.1, -0.05) is 23.2 Å². The first-order valence-corrected chi connectivity index (χ1v) is 8.10. The van der Waals surface area contributed by atoms with Gasteiger partial charge in [-0.25, -0.2) is 0 Å². The zero-order valence-corrected chi connectivity index (χ0v) is 13.5. The summed E-state index contributed by atoms with van der Waals surface area (Å²) >= 11 is 13.4. The Morgan fingerprint density at radius 2 is 2.20 bits per heavy atom. The van der Waals surface area contributed by atoms with E-state index < -0.39 is 0 Å². The van der Waals surface area contributed by atoms with Crippen LogP contribution >= 0.6 is 35.0 Å². The molecule has 1 unspecified atom stereocenters. The number of aliphatic hydroxyl groups excluding tert-OH is 1. The minimum Gasteiger partial charge on any atom is -0.396 e. The summed E-state index contributed by atoms with van der Waals surface area (Å²) < 4.78 is 0. The second-order valence-electron chi connectivity index (χ2n) is 5.21. The second kappa shape index (κ2) is 6.56. The number of amides is 1. The van der Waals surface area contributed by atoms with Crippen LogP contribution in [0.2, 0.25) is 10.0 Å². The van der Waals surface area contributed by atoms with E-state index in [1.807, 2.05) is 6.92 Å². The largest absolute Gasteiger partial charge is 0.396 e. The highest BCUT2D eigenvalue weighted by atomic mass is 35.5. The predicted molar refractivity (Wildman–Crippen MR) is 83.5 cm³/mol. The number of rotatable bonds is 6. The molecule has 0 saturated heterocycles. The Morgan fingerprint density at radius 3 is 2.80 bits per heavy atom. The maximum Gasteiger partial charge on any atom is 0.233 e. The molecule has 0 radical (unpaired) electrons. The van der Waals surface area contributed by atoms with E-state index in [1.165, 1.54) is 11.8 Å². The summed E-state index contributed by atoms with van der Waals surface area (Å²) in [6.07, 6.45) is 1.96. The Kier molecular flexibility index (Phi) is 5.24. The van der Waals surface area contributed by atoms with Crippen molar-refractivity contribution < 1.29 is 9.90 Å². The molecule has 110 valence electrons. The molecule has 2 N–H and O–H groups in total. The van der Waals surface area contributed by atoms with Gasteiger partial charge in [-0.3, -0.25) is 4.79 Å². The highest BCUT2D eigenvalue weighted by Crippen LogP contribution is 2.44. The summed E-state index contributed by atoms with van der Waals surface area (Å²) in [6.45, 7) is 2.50. The van der Waals surface area contributed by atoms with Crippen molar-refractivity contribution in [3.8, 4) is 0 Å². The summed E-state index contributed by atoms with van der Waals surface area (Å²) in [5.41, 5.74) is -0.0756. The van der Waals surface area contributed by atoms with Crippen LogP contribution in [-0.4, -0.2) is 29.4 Å². The van der Waals surface area contributed by atoms with Gasteiger partial charge < -0.3 is 10.4 Å². The van der Waals surface area contributed by atoms with Gasteiger partial charge in [0, 0.05) is 21.9 Å². The van der Waals surface area contributed by atoms with Gasteiger partial charge in [-0.15, -0.1) is 11.8 Å². The molecule has 20 heavy (non-hydrogen) atoms. The molecule has 0 spiro atoms. The normalized spacial score (nSPS) is 17.6. The quantitative estimate of drug-likeness (QED) is 0.785. The monoisotopic (exact) mass is 333 g/mol. The first-order chi connectivity index (χ1) is 9.46. The molecular weight excluding hydrogens is 317 g/mol. The maximum absolute atomic E-state index is 12.0. The van der Waals surface area contributed by atoms with Crippen LogP contribution in [0.3, 0.4) is 0 Å². The van der Waals surface area contributed by atoms with Crippen molar-refractivity contribution in [2.75, 3.05) is 13.2 Å². The number of nitrogens with one attached hydrogen (secondary N) is 1. The minimum absolute atomic E-state index is 0.0502. The van der Waals surface area contributed by atoms with E-state index in [0.717, 1.165) is 17.7 Å². The molecule has 1 atom stereocenters. The molecule has 3 nitrogen and oxygen atoms in total. The molecule has 1 amide bonds. The fourth-order valence-electron chi connectivity index (χ4n) is 1.80. The molecule has 1 aromatic rings. The highest BCUT2D eigenvalue weighted by molar-refractivity contribution is 8.00. The van der Waals surface area contributed by atoms with Gasteiger partial charge in [0.2, 0.25) is 5.91 Å². The Hall–Kier alpha value is -0.420. The number of halogens is 2. The summed E-state index contributed by atoms with van der Waals surface area (Å²) in [5, 5.41) is 13.0. The van der Waals surface area contributed by atoms with Crippen molar-refractivity contribution in [2.45, 2.75) is 29.9 Å². The zero-order valence-electron chi connectivity index (χ0n) is 11.2. The standard InChI is InChI=1S/C14H17Cl2NO2S/c1-9(13(19)17-7-14(8-18)4-5-14)20-12-6-10(15)2-3-11(12)16/h2-3,6,9,18H,4-5,7-8H2,1H3,(H,17,19). The van der Waals surface area contributed by atoms with Crippen LogP contribution in [-0.2, 0) is 4.79 Å². The first-order valence-electron chi connectivity index (χ1n) is 6.46. The van der Waals surface area contributed by atoms with Gasteiger partial charge in [0.15, 0.2) is 0 Å². The third-order valence-electron chi connectivity index (χ3n) is 3.50. The molecule has 1 aliphatic rings. The Bertz CT molecular complexity index is 506. The molecule has 6 heteroatoms. The first kappa shape index (κ1) is 16.0. The van der Waals surface area contributed by atoms with Crippen LogP contribution in [0.1, 0.15) is 19.8 Å². The zero-order chi connectivity index (χ0) is 14.8. The summed E-state index contributed by atoms with van der Waals surface area (Å²) in [4.78, 5) is 12.8. The average molecular weight is 334 g/mol. The number of hydrogen-bond donors (Lipinski definition) is 2. The molecule has 0 aliphatic heterocycles. The van der Waals surface area contributed by atoms with Gasteiger partial charge >= 0.3 is 0 Å². The van der Waals surface area contributed by atoms with Crippen LogP contribution in [0.5, 0.6) is 0 Å². The van der Waals surface area contributed by atoms with Crippen LogP contribution in [0, 0.1) is 5.41 Å². The van der Waals surface area contributed by atoms with E-state index in [0.29, 0.717) is 16.6 Å². The smallest absolute Gasteiger partial charge is 0.233 e. The molecule has 1 aromatic carbocycles. The van der Waals surface area contributed by atoms with E-state index in [9.17, 15) is 9.90 Å². The summed E-state index contributed by atoms with van der Waals surface area (Å²) in [5.74, 6) is -0.0502. The van der Waals surface area contributed by atoms with Crippen LogP contribution in [0.4, 0.5) is 0 Å². The van der Waals surface area contributed by atoms with Crippen LogP contribution < -0.4 is 5.32 Å². The van der Waals surface area contributed by atoms with Crippen molar-refractivity contribution in [3.63, 3.8) is 0 Å². The lowest BCUT2D eigenvalue weighted by Crippen LogP contribution is -2.36. The number of thioether (sulfide) groups is 1. The van der Waals surface area contributed by atoms with Gasteiger partial charge in [-0.2, -0.15) is 0 Å². The van der Waals surface area contributed by atoms with Gasteiger partial charge in [0.1, 0.15) is 0 Å². The van der Waals surface area contributed by atoms with E-state index in [4.69, 9.17) is 23.2 Å². The third-order valence-corrected chi connectivity index (χ3v) is 5.33. The fourth-order valence-corrected chi connectivity index (χ4v) is 3.23. The Balaban J connectivity index is 1.89. The Labute approximate surface area is 133 Å². The molecule has 2 rings (SSSR count). The van der Waals surface area contributed by atoms with E-state index in [2.05, 4.69) is 5.32 Å². The molecule has 1 saturated carbocycles. The van der Waals surface area contributed by atoms with Crippen molar-refractivity contribution in [2.24, 2.45) is 5.41 Å². The molecule has 1 fully saturated rings. The van der Waals surface area contributed by atoms with Crippen LogP contribution in [0.25, 0.3) is 0 Å². The molecule has 1 aliphatic carbocycles. The number of hydrogen-bond acceptors (Lipinski definition) is 3. The van der Waals surface area contributed by atoms with Crippen molar-refractivity contribution in [1.29, 1.82) is 0 Å². The van der Waals surface area contributed by atoms with Gasteiger partial charge in [0.25, 0.3) is 0 Å². The maximum atomic E-state index is 12.0. The van der Waals surface area contributed by atoms with E-state index >= 15 is 0 Å². The number of carbonyl (C=O) groups excluding carboxylic acids is 1. The van der Waals surface area contributed by atoms with Crippen molar-refractivity contribution in [1.82, 2.24) is 5.32 Å². The van der Waals surface area contributed by atoms with Gasteiger partial charge in [-0.05, 0) is 38.0 Å². The third kappa shape index (κ3) is 4.04. The average Bonchev–Trinajstić information content (AvgIpc) is 3.21. The SMILES string of the molecule is CC(Sc1cc(Cl)ccc1Cl)C(=O)NCC1(CO)CC1. The summed E-state index contributed by atoms with van der Waals surface area (Å²) in [7, 11) is 0. The van der Waals surface area contributed by atoms with Crippen LogP contribution in [0.15, 0.2) is 23.1 Å². The number of carbonyl (C=O) groups is 1. The lowest BCUT2D eigenvalue weighted by atomic mass is 10.1. The molecular formula is C14H17Cl2NO2S. The fraction of sp³-hybridized carbons (Fsp3) is 0.500. The van der Waals surface area contributed by atoms with Crippen molar-refractivity contribution in [3.05, 3.63) is 28.2 Å². The predicted octanol–water partition coefficient (Wildman–Crippen LogP) is 3.36.